The molecule has 0 aromatic rings. The smallest absolute Gasteiger partial charge is 0.306 e. The number of carboxylic acid groups (broad SMARTS) is 1. The van der Waals surface area contributed by atoms with Crippen LogP contribution in [-0.4, -0.2) is 34.0 Å². The number of aliphatic hydroxyl groups excluding tert-OH is 2. The van der Waals surface area contributed by atoms with Gasteiger partial charge in [0.1, 0.15) is 0 Å². The average Bonchev–Trinajstić information content (AvgIpc) is 2.02. The third-order valence-electron chi connectivity index (χ3n) is 1.87. The van der Waals surface area contributed by atoms with E-state index in [2.05, 4.69) is 0 Å². The summed E-state index contributed by atoms with van der Waals surface area (Å²) in [4.78, 5) is 10.7. The number of aliphatic hydroxyl groups is 2. The van der Waals surface area contributed by atoms with E-state index in [1.165, 1.54) is 0 Å². The normalized spacial score (nSPS) is 15.8. The molecule has 3 N–H and O–H groups in total. The van der Waals surface area contributed by atoms with Crippen LogP contribution in [0.4, 0.5) is 0 Å². The van der Waals surface area contributed by atoms with Crippen molar-refractivity contribution in [2.75, 3.05) is 6.61 Å². The second kappa shape index (κ2) is 5.94. The molecule has 0 rings (SSSR count). The summed E-state index contributed by atoms with van der Waals surface area (Å²) in [5.74, 6) is -1.17. The third-order valence-corrected chi connectivity index (χ3v) is 1.87. The van der Waals surface area contributed by atoms with Crippen molar-refractivity contribution in [2.24, 2.45) is 11.8 Å². The highest BCUT2D eigenvalue weighted by Crippen LogP contribution is 2.17. The quantitative estimate of drug-likeness (QED) is 0.569. The second-order valence-electron chi connectivity index (χ2n) is 3.74. The zero-order valence-corrected chi connectivity index (χ0v) is 8.10. The van der Waals surface area contributed by atoms with Gasteiger partial charge in [0.25, 0.3) is 0 Å². The van der Waals surface area contributed by atoms with E-state index in [1.54, 1.807) is 0 Å². The lowest BCUT2D eigenvalue weighted by Crippen LogP contribution is -2.24. The standard InChI is InChI=1S/C9H18O4/c1-6(2)3-7(9(12)13)4-8(11)5-10/h6-8,10-11H,3-5H2,1-2H3,(H,12,13). The zero-order valence-electron chi connectivity index (χ0n) is 8.10. The topological polar surface area (TPSA) is 77.8 Å². The Labute approximate surface area is 78.2 Å². The van der Waals surface area contributed by atoms with E-state index in [4.69, 9.17) is 15.3 Å². The van der Waals surface area contributed by atoms with Gasteiger partial charge in [0.2, 0.25) is 0 Å². The van der Waals surface area contributed by atoms with Crippen LogP contribution < -0.4 is 0 Å². The summed E-state index contributed by atoms with van der Waals surface area (Å²) in [7, 11) is 0. The maximum Gasteiger partial charge on any atom is 0.306 e. The SMILES string of the molecule is CC(C)CC(CC(O)CO)C(=O)O. The Bertz CT molecular complexity index is 156. The first-order chi connectivity index (χ1) is 5.97. The fraction of sp³-hybridized carbons (Fsp3) is 0.889. The van der Waals surface area contributed by atoms with Crippen molar-refractivity contribution in [1.29, 1.82) is 0 Å². The lowest BCUT2D eigenvalue weighted by atomic mass is 9.92. The molecule has 4 heteroatoms. The number of hydrogen-bond donors (Lipinski definition) is 3. The van der Waals surface area contributed by atoms with Crippen molar-refractivity contribution in [2.45, 2.75) is 32.8 Å². The van der Waals surface area contributed by atoms with Gasteiger partial charge in [-0.25, -0.2) is 0 Å². The van der Waals surface area contributed by atoms with Crippen LogP contribution in [-0.2, 0) is 4.79 Å². The highest BCUT2D eigenvalue weighted by Gasteiger charge is 2.21. The minimum atomic E-state index is -0.917. The number of rotatable bonds is 6. The summed E-state index contributed by atoms with van der Waals surface area (Å²) in [6.07, 6.45) is -0.254. The highest BCUT2D eigenvalue weighted by atomic mass is 16.4. The maximum absolute atomic E-state index is 10.7. The molecule has 0 saturated carbocycles. The molecule has 0 bridgehead atoms. The first kappa shape index (κ1) is 12.4. The Morgan fingerprint density at radius 3 is 2.15 bits per heavy atom. The van der Waals surface area contributed by atoms with Crippen LogP contribution >= 0.6 is 0 Å². The first-order valence-electron chi connectivity index (χ1n) is 4.49. The predicted molar refractivity (Wildman–Crippen MR) is 48.3 cm³/mol. The number of carbonyl (C=O) groups is 1. The van der Waals surface area contributed by atoms with Crippen molar-refractivity contribution in [3.8, 4) is 0 Å². The first-order valence-corrected chi connectivity index (χ1v) is 4.49. The largest absolute Gasteiger partial charge is 0.481 e. The monoisotopic (exact) mass is 190 g/mol. The molecule has 0 aliphatic heterocycles. The van der Waals surface area contributed by atoms with Gasteiger partial charge in [0, 0.05) is 0 Å². The molecule has 0 aliphatic carbocycles. The summed E-state index contributed by atoms with van der Waals surface area (Å²) in [5, 5.41) is 26.4. The fourth-order valence-electron chi connectivity index (χ4n) is 1.27. The molecule has 0 aromatic carbocycles. The lowest BCUT2D eigenvalue weighted by molar-refractivity contribution is -0.143. The maximum atomic E-state index is 10.7. The molecule has 0 aromatic heterocycles. The highest BCUT2D eigenvalue weighted by molar-refractivity contribution is 5.69. The van der Waals surface area contributed by atoms with Crippen LogP contribution in [0.1, 0.15) is 26.7 Å². The van der Waals surface area contributed by atoms with E-state index in [0.29, 0.717) is 6.42 Å². The van der Waals surface area contributed by atoms with Gasteiger partial charge in [0.15, 0.2) is 0 Å². The van der Waals surface area contributed by atoms with E-state index in [9.17, 15) is 4.79 Å². The molecular formula is C9H18O4. The Balaban J connectivity index is 4.02. The van der Waals surface area contributed by atoms with Gasteiger partial charge < -0.3 is 15.3 Å². The van der Waals surface area contributed by atoms with Gasteiger partial charge in [-0.1, -0.05) is 13.8 Å². The lowest BCUT2D eigenvalue weighted by Gasteiger charge is -2.16. The van der Waals surface area contributed by atoms with Gasteiger partial charge in [-0.2, -0.15) is 0 Å². The Kier molecular flexibility index (Phi) is 5.66. The molecule has 0 radical (unpaired) electrons. The fourth-order valence-corrected chi connectivity index (χ4v) is 1.27. The summed E-state index contributed by atoms with van der Waals surface area (Å²) < 4.78 is 0. The van der Waals surface area contributed by atoms with E-state index >= 15 is 0 Å². The zero-order chi connectivity index (χ0) is 10.4. The molecule has 4 nitrogen and oxygen atoms in total. The molecule has 2 unspecified atom stereocenters. The van der Waals surface area contributed by atoms with Crippen molar-refractivity contribution < 1.29 is 20.1 Å². The Morgan fingerprint density at radius 2 is 1.85 bits per heavy atom. The molecule has 13 heavy (non-hydrogen) atoms. The molecular weight excluding hydrogens is 172 g/mol. The molecule has 78 valence electrons. The van der Waals surface area contributed by atoms with Crippen molar-refractivity contribution in [3.63, 3.8) is 0 Å². The van der Waals surface area contributed by atoms with Crippen LogP contribution in [0, 0.1) is 11.8 Å². The van der Waals surface area contributed by atoms with E-state index in [-0.39, 0.29) is 18.9 Å². The van der Waals surface area contributed by atoms with E-state index < -0.39 is 18.0 Å². The van der Waals surface area contributed by atoms with Crippen LogP contribution in [0.15, 0.2) is 0 Å². The molecule has 2 atom stereocenters. The second-order valence-corrected chi connectivity index (χ2v) is 3.74. The Morgan fingerprint density at radius 1 is 1.31 bits per heavy atom. The Hall–Kier alpha value is -0.610. The number of aliphatic carboxylic acids is 1. The molecule has 0 fully saturated rings. The predicted octanol–water partition coefficient (Wildman–Crippen LogP) is 0.477. The molecule has 0 heterocycles. The molecule has 0 saturated heterocycles. The molecule has 0 amide bonds. The van der Waals surface area contributed by atoms with Crippen LogP contribution in [0.2, 0.25) is 0 Å². The van der Waals surface area contributed by atoms with Gasteiger partial charge in [0.05, 0.1) is 18.6 Å². The summed E-state index contributed by atoms with van der Waals surface area (Å²) >= 11 is 0. The van der Waals surface area contributed by atoms with Gasteiger partial charge in [-0.15, -0.1) is 0 Å². The minimum absolute atomic E-state index is 0.129. The minimum Gasteiger partial charge on any atom is -0.481 e. The number of hydrogen-bond acceptors (Lipinski definition) is 3. The van der Waals surface area contributed by atoms with Crippen molar-refractivity contribution >= 4 is 5.97 Å². The van der Waals surface area contributed by atoms with Crippen LogP contribution in [0.5, 0.6) is 0 Å². The van der Waals surface area contributed by atoms with Gasteiger partial charge >= 0.3 is 5.97 Å². The molecule has 0 spiro atoms. The van der Waals surface area contributed by atoms with Gasteiger partial charge in [-0.3, -0.25) is 4.79 Å². The van der Waals surface area contributed by atoms with E-state index in [0.717, 1.165) is 0 Å². The van der Waals surface area contributed by atoms with Crippen molar-refractivity contribution in [3.05, 3.63) is 0 Å². The average molecular weight is 190 g/mol. The summed E-state index contributed by atoms with van der Waals surface area (Å²) in [6, 6.07) is 0. The summed E-state index contributed by atoms with van der Waals surface area (Å²) in [6.45, 7) is 3.49. The molecule has 0 aliphatic rings. The number of carboxylic acids is 1. The van der Waals surface area contributed by atoms with Crippen LogP contribution in [0.3, 0.4) is 0 Å². The van der Waals surface area contributed by atoms with Gasteiger partial charge in [-0.05, 0) is 18.8 Å². The van der Waals surface area contributed by atoms with Crippen molar-refractivity contribution in [1.82, 2.24) is 0 Å². The van der Waals surface area contributed by atoms with Crippen LogP contribution in [0.25, 0.3) is 0 Å². The third kappa shape index (κ3) is 5.60. The summed E-state index contributed by atoms with van der Waals surface area (Å²) in [5.41, 5.74) is 0. The van der Waals surface area contributed by atoms with E-state index in [1.807, 2.05) is 13.8 Å².